The molecule has 4 rings (SSSR count). The van der Waals surface area contributed by atoms with Crippen LogP contribution in [0.4, 0.5) is 0 Å². The van der Waals surface area contributed by atoms with Gasteiger partial charge in [0, 0.05) is 6.54 Å². The van der Waals surface area contributed by atoms with E-state index in [-0.39, 0.29) is 0 Å². The van der Waals surface area contributed by atoms with E-state index in [9.17, 15) is 8.42 Å². The number of rotatable bonds is 6. The van der Waals surface area contributed by atoms with Crippen molar-refractivity contribution in [2.45, 2.75) is 37.5 Å². The van der Waals surface area contributed by atoms with Crippen molar-refractivity contribution in [2.24, 2.45) is 0 Å². The highest BCUT2D eigenvalue weighted by Gasteiger charge is 2.11. The number of hydrogen-bond donors (Lipinski definition) is 1. The third-order valence-electron chi connectivity index (χ3n) is 4.78. The molecule has 0 unspecified atom stereocenters. The maximum atomic E-state index is 11.7. The minimum atomic E-state index is -3.29. The lowest BCUT2D eigenvalue weighted by molar-refractivity contribution is 0.576. The molecule has 0 saturated heterocycles. The van der Waals surface area contributed by atoms with Gasteiger partial charge in [0.05, 0.1) is 4.90 Å². The number of allylic oxidation sites excluding steroid dienone is 1. The second-order valence-electron chi connectivity index (χ2n) is 6.89. The van der Waals surface area contributed by atoms with E-state index in [0.29, 0.717) is 11.4 Å². The van der Waals surface area contributed by atoms with Gasteiger partial charge in [-0.15, -0.1) is 0 Å². The van der Waals surface area contributed by atoms with Crippen LogP contribution in [0.3, 0.4) is 0 Å². The molecule has 0 radical (unpaired) electrons. The van der Waals surface area contributed by atoms with E-state index in [2.05, 4.69) is 60.2 Å². The van der Waals surface area contributed by atoms with Gasteiger partial charge in [0.25, 0.3) is 0 Å². The van der Waals surface area contributed by atoms with Crippen LogP contribution in [0.1, 0.15) is 37.3 Å². The van der Waals surface area contributed by atoms with Crippen LogP contribution in [0.15, 0.2) is 77.7 Å². The van der Waals surface area contributed by atoms with E-state index in [0.717, 1.165) is 25.7 Å². The third-order valence-corrected chi connectivity index (χ3v) is 6.26. The number of unbranched alkanes of at least 4 members (excludes halogenated alkanes) is 2. The van der Waals surface area contributed by atoms with Crippen molar-refractivity contribution in [3.05, 3.63) is 83.9 Å². The van der Waals surface area contributed by atoms with Crippen LogP contribution in [-0.2, 0) is 16.4 Å². The van der Waals surface area contributed by atoms with E-state index < -0.39 is 10.0 Å². The summed E-state index contributed by atoms with van der Waals surface area (Å²) in [4.78, 5) is 0.335. The molecule has 3 aromatic rings. The third kappa shape index (κ3) is 5.09. The van der Waals surface area contributed by atoms with Gasteiger partial charge in [0.15, 0.2) is 0 Å². The van der Waals surface area contributed by atoms with E-state index in [1.165, 1.54) is 21.9 Å². The van der Waals surface area contributed by atoms with E-state index in [4.69, 9.17) is 0 Å². The van der Waals surface area contributed by atoms with E-state index >= 15 is 0 Å². The molecule has 0 atom stereocenters. The molecule has 0 spiro atoms. The second kappa shape index (κ2) is 9.67. The Balaban J connectivity index is 0.000000162. The normalized spacial score (nSPS) is 12.5. The Morgan fingerprint density at radius 2 is 1.64 bits per heavy atom. The Morgan fingerprint density at radius 3 is 2.39 bits per heavy atom. The Hall–Kier alpha value is -2.43. The highest BCUT2D eigenvalue weighted by atomic mass is 32.2. The molecule has 3 aromatic carbocycles. The molecule has 1 aliphatic carbocycles. The zero-order valence-electron chi connectivity index (χ0n) is 16.3. The van der Waals surface area contributed by atoms with Crippen molar-refractivity contribution in [1.82, 2.24) is 4.72 Å². The predicted molar refractivity (Wildman–Crippen MR) is 118 cm³/mol. The van der Waals surface area contributed by atoms with E-state index in [1.54, 1.807) is 30.3 Å². The van der Waals surface area contributed by atoms with Gasteiger partial charge in [-0.2, -0.15) is 0 Å². The second-order valence-corrected chi connectivity index (χ2v) is 8.65. The lowest BCUT2D eigenvalue weighted by atomic mass is 9.93. The fourth-order valence-electron chi connectivity index (χ4n) is 3.34. The molecule has 3 nitrogen and oxygen atoms in total. The summed E-state index contributed by atoms with van der Waals surface area (Å²) >= 11 is 0. The maximum Gasteiger partial charge on any atom is 0.240 e. The van der Waals surface area contributed by atoms with Gasteiger partial charge in [-0.25, -0.2) is 13.1 Å². The summed E-state index contributed by atoms with van der Waals surface area (Å²) < 4.78 is 26.0. The zero-order chi connectivity index (χ0) is 19.8. The van der Waals surface area contributed by atoms with Gasteiger partial charge in [-0.1, -0.05) is 86.5 Å². The maximum absolute atomic E-state index is 11.7. The molecule has 0 saturated carbocycles. The number of sulfonamides is 1. The van der Waals surface area contributed by atoms with Crippen molar-refractivity contribution in [3.8, 4) is 0 Å². The lowest BCUT2D eigenvalue weighted by Crippen LogP contribution is -2.24. The van der Waals surface area contributed by atoms with Gasteiger partial charge in [0.1, 0.15) is 0 Å². The summed E-state index contributed by atoms with van der Waals surface area (Å²) in [6.07, 6.45) is 8.56. The molecule has 0 amide bonds. The Morgan fingerprint density at radius 1 is 0.893 bits per heavy atom. The van der Waals surface area contributed by atoms with E-state index in [1.807, 2.05) is 0 Å². The molecule has 0 aliphatic heterocycles. The molecular weight excluding hydrogens is 366 g/mol. The van der Waals surface area contributed by atoms with Gasteiger partial charge in [0.2, 0.25) is 10.0 Å². The average Bonchev–Trinajstić information content (AvgIpc) is 2.73. The first-order chi connectivity index (χ1) is 13.6. The van der Waals surface area contributed by atoms with Gasteiger partial charge < -0.3 is 0 Å². The number of hydrogen-bond acceptors (Lipinski definition) is 2. The Labute approximate surface area is 168 Å². The summed E-state index contributed by atoms with van der Waals surface area (Å²) in [5, 5.41) is 2.80. The number of nitrogens with one attached hydrogen (secondary N) is 1. The van der Waals surface area contributed by atoms with Crippen LogP contribution in [-0.4, -0.2) is 15.0 Å². The van der Waals surface area contributed by atoms with Crippen molar-refractivity contribution in [1.29, 1.82) is 0 Å². The molecule has 0 fully saturated rings. The Kier molecular flexibility index (Phi) is 7.01. The molecule has 28 heavy (non-hydrogen) atoms. The Bertz CT molecular complexity index is 1040. The highest BCUT2D eigenvalue weighted by molar-refractivity contribution is 7.89. The van der Waals surface area contributed by atoms with Crippen molar-refractivity contribution in [2.75, 3.05) is 6.54 Å². The van der Waals surface area contributed by atoms with Crippen LogP contribution in [0.2, 0.25) is 0 Å². The molecule has 0 aromatic heterocycles. The first-order valence-electron chi connectivity index (χ1n) is 9.83. The predicted octanol–water partition coefficient (Wildman–Crippen LogP) is 5.56. The fourth-order valence-corrected chi connectivity index (χ4v) is 4.43. The molecule has 0 heterocycles. The standard InChI is InChI=1S/C13H10.C11H17NO2S/c1-4-10-6-2-8-12-9-3-7-11(5-1)13(10)12;1-2-3-7-10-12-15(13,14)11-8-5-4-6-9-11/h1-8H,9H2;4-6,8-9,12H,2-3,7,10H2,1H3. The molecular formula is C24H27NO2S. The van der Waals surface area contributed by atoms with Crippen LogP contribution in [0.5, 0.6) is 0 Å². The van der Waals surface area contributed by atoms with Gasteiger partial charge in [-0.3, -0.25) is 0 Å². The molecule has 1 N–H and O–H groups in total. The molecule has 0 bridgehead atoms. The van der Waals surface area contributed by atoms with Gasteiger partial charge in [-0.05, 0) is 46.9 Å². The summed E-state index contributed by atoms with van der Waals surface area (Å²) in [6.45, 7) is 2.61. The van der Waals surface area contributed by atoms with Gasteiger partial charge >= 0.3 is 0 Å². The summed E-state index contributed by atoms with van der Waals surface area (Å²) in [5.41, 5.74) is 2.81. The summed E-state index contributed by atoms with van der Waals surface area (Å²) in [5.74, 6) is 0. The minimum absolute atomic E-state index is 0.335. The first kappa shape index (κ1) is 20.3. The van der Waals surface area contributed by atoms with Crippen molar-refractivity contribution < 1.29 is 8.42 Å². The topological polar surface area (TPSA) is 46.2 Å². The van der Waals surface area contributed by atoms with Crippen molar-refractivity contribution in [3.63, 3.8) is 0 Å². The molecule has 146 valence electrons. The van der Waals surface area contributed by atoms with Crippen LogP contribution in [0, 0.1) is 0 Å². The largest absolute Gasteiger partial charge is 0.240 e. The average molecular weight is 394 g/mol. The minimum Gasteiger partial charge on any atom is -0.211 e. The summed E-state index contributed by atoms with van der Waals surface area (Å²) in [7, 11) is -3.29. The van der Waals surface area contributed by atoms with Crippen LogP contribution in [0.25, 0.3) is 16.8 Å². The summed E-state index contributed by atoms with van der Waals surface area (Å²) in [6, 6.07) is 21.5. The molecule has 4 heteroatoms. The lowest BCUT2D eigenvalue weighted by Gasteiger charge is -2.11. The number of benzene rings is 3. The van der Waals surface area contributed by atoms with Crippen LogP contribution < -0.4 is 4.72 Å². The smallest absolute Gasteiger partial charge is 0.211 e. The fraction of sp³-hybridized carbons (Fsp3) is 0.250. The van der Waals surface area contributed by atoms with Crippen LogP contribution >= 0.6 is 0 Å². The highest BCUT2D eigenvalue weighted by Crippen LogP contribution is 2.27. The monoisotopic (exact) mass is 393 g/mol. The van der Waals surface area contributed by atoms with Crippen molar-refractivity contribution >= 4 is 26.9 Å². The quantitative estimate of drug-likeness (QED) is 0.557. The first-order valence-corrected chi connectivity index (χ1v) is 11.3. The molecule has 1 aliphatic rings. The SMILES string of the molecule is C1=Cc2cccc3cccc(c23)C1.CCCCCNS(=O)(=O)c1ccccc1. The zero-order valence-corrected chi connectivity index (χ0v) is 17.1.